The summed E-state index contributed by atoms with van der Waals surface area (Å²) in [5, 5.41) is 9.69. The van der Waals surface area contributed by atoms with E-state index in [4.69, 9.17) is 17.3 Å². The number of rotatable bonds is 4. The highest BCUT2D eigenvalue weighted by Crippen LogP contribution is 2.38. The fraction of sp³-hybridized carbons (Fsp3) is 0.500. The van der Waals surface area contributed by atoms with Gasteiger partial charge in [0, 0.05) is 0 Å². The highest BCUT2D eigenvalue weighted by atomic mass is 35.5. The molecular weight excluding hydrogens is 283 g/mol. The minimum Gasteiger partial charge on any atom is -0.404 e. The number of hydrogen-bond donors (Lipinski definition) is 2. The Morgan fingerprint density at radius 2 is 2.00 bits per heavy atom. The molecule has 0 heterocycles. The van der Waals surface area contributed by atoms with Gasteiger partial charge in [0.05, 0.1) is 17.2 Å². The Balaban J connectivity index is 2.13. The first-order chi connectivity index (χ1) is 8.78. The predicted molar refractivity (Wildman–Crippen MR) is 63.8 cm³/mol. The highest BCUT2D eigenvalue weighted by Gasteiger charge is 2.35. The summed E-state index contributed by atoms with van der Waals surface area (Å²) in [6, 6.07) is 3.11. The SMILES string of the molecule is N[C@@H](c1ccc(OC(F)(F)F)c(Cl)c1)[C@H](O)C1CC1. The molecule has 1 fully saturated rings. The smallest absolute Gasteiger partial charge is 0.404 e. The summed E-state index contributed by atoms with van der Waals surface area (Å²) < 4.78 is 40.0. The molecule has 1 saturated carbocycles. The topological polar surface area (TPSA) is 55.5 Å². The third kappa shape index (κ3) is 3.75. The molecule has 1 aliphatic rings. The number of aliphatic hydroxyl groups is 1. The van der Waals surface area contributed by atoms with Crippen molar-refractivity contribution in [2.75, 3.05) is 0 Å². The zero-order chi connectivity index (χ0) is 14.2. The molecule has 0 amide bonds. The van der Waals surface area contributed by atoms with Crippen molar-refractivity contribution >= 4 is 11.6 Å². The van der Waals surface area contributed by atoms with E-state index in [0.717, 1.165) is 18.9 Å². The molecule has 1 aromatic rings. The predicted octanol–water partition coefficient (Wildman–Crippen LogP) is 3.01. The molecule has 1 aliphatic carbocycles. The second kappa shape index (κ2) is 5.19. The summed E-state index contributed by atoms with van der Waals surface area (Å²) in [5.74, 6) is -0.314. The Hall–Kier alpha value is -0.980. The number of benzene rings is 1. The Kier molecular flexibility index (Phi) is 3.94. The van der Waals surface area contributed by atoms with Crippen LogP contribution in [0.4, 0.5) is 13.2 Å². The maximum Gasteiger partial charge on any atom is 0.573 e. The van der Waals surface area contributed by atoms with Crippen molar-refractivity contribution in [1.29, 1.82) is 0 Å². The fourth-order valence-electron chi connectivity index (χ4n) is 1.86. The van der Waals surface area contributed by atoms with E-state index in [2.05, 4.69) is 4.74 Å². The van der Waals surface area contributed by atoms with Gasteiger partial charge in [0.1, 0.15) is 5.75 Å². The number of hydrogen-bond acceptors (Lipinski definition) is 3. The number of halogens is 4. The van der Waals surface area contributed by atoms with E-state index in [1.54, 1.807) is 0 Å². The van der Waals surface area contributed by atoms with Gasteiger partial charge in [-0.05, 0) is 36.5 Å². The molecule has 0 unspecified atom stereocenters. The van der Waals surface area contributed by atoms with Gasteiger partial charge in [-0.15, -0.1) is 13.2 Å². The molecule has 106 valence electrons. The van der Waals surface area contributed by atoms with Crippen molar-refractivity contribution in [3.05, 3.63) is 28.8 Å². The van der Waals surface area contributed by atoms with Gasteiger partial charge in [0.15, 0.2) is 0 Å². The zero-order valence-electron chi connectivity index (χ0n) is 9.82. The van der Waals surface area contributed by atoms with Crippen LogP contribution < -0.4 is 10.5 Å². The van der Waals surface area contributed by atoms with E-state index >= 15 is 0 Å². The van der Waals surface area contributed by atoms with Gasteiger partial charge in [0.2, 0.25) is 0 Å². The highest BCUT2D eigenvalue weighted by molar-refractivity contribution is 6.32. The second-order valence-corrected chi connectivity index (χ2v) is 5.00. The fourth-order valence-corrected chi connectivity index (χ4v) is 2.09. The van der Waals surface area contributed by atoms with Crippen molar-refractivity contribution in [3.8, 4) is 5.75 Å². The minimum atomic E-state index is -4.79. The van der Waals surface area contributed by atoms with Crippen molar-refractivity contribution in [3.63, 3.8) is 0 Å². The molecule has 0 radical (unpaired) electrons. The van der Waals surface area contributed by atoms with Crippen LogP contribution in [0.1, 0.15) is 24.4 Å². The lowest BCUT2D eigenvalue weighted by atomic mass is 9.99. The van der Waals surface area contributed by atoms with E-state index in [1.807, 2.05) is 0 Å². The average molecular weight is 296 g/mol. The minimum absolute atomic E-state index is 0.167. The van der Waals surface area contributed by atoms with Crippen LogP contribution in [0, 0.1) is 5.92 Å². The first-order valence-electron chi connectivity index (χ1n) is 5.77. The maximum atomic E-state index is 12.1. The van der Waals surface area contributed by atoms with E-state index in [-0.39, 0.29) is 10.9 Å². The Morgan fingerprint density at radius 1 is 1.37 bits per heavy atom. The number of ether oxygens (including phenoxy) is 1. The van der Waals surface area contributed by atoms with Crippen LogP contribution >= 0.6 is 11.6 Å². The van der Waals surface area contributed by atoms with Crippen molar-refractivity contribution in [2.24, 2.45) is 11.7 Å². The van der Waals surface area contributed by atoms with Crippen LogP contribution in [-0.4, -0.2) is 17.6 Å². The average Bonchev–Trinajstić information content (AvgIpc) is 3.12. The molecule has 0 spiro atoms. The molecule has 0 saturated heterocycles. The molecule has 19 heavy (non-hydrogen) atoms. The summed E-state index contributed by atoms with van der Waals surface area (Å²) in [7, 11) is 0. The van der Waals surface area contributed by atoms with Gasteiger partial charge >= 0.3 is 6.36 Å². The maximum absolute atomic E-state index is 12.1. The molecular formula is C12H13ClF3NO2. The lowest BCUT2D eigenvalue weighted by molar-refractivity contribution is -0.274. The van der Waals surface area contributed by atoms with E-state index in [1.165, 1.54) is 12.1 Å². The molecule has 0 bridgehead atoms. The van der Waals surface area contributed by atoms with Crippen LogP contribution in [0.2, 0.25) is 5.02 Å². The summed E-state index contributed by atoms with van der Waals surface area (Å²) in [5.41, 5.74) is 6.34. The van der Waals surface area contributed by atoms with Crippen LogP contribution in [0.15, 0.2) is 18.2 Å². The molecule has 1 aromatic carbocycles. The van der Waals surface area contributed by atoms with Gasteiger partial charge in [-0.3, -0.25) is 0 Å². The lowest BCUT2D eigenvalue weighted by Crippen LogP contribution is -2.27. The Labute approximate surface area is 113 Å². The van der Waals surface area contributed by atoms with E-state index in [0.29, 0.717) is 5.56 Å². The van der Waals surface area contributed by atoms with Crippen molar-refractivity contribution < 1.29 is 23.0 Å². The van der Waals surface area contributed by atoms with Gasteiger partial charge < -0.3 is 15.6 Å². The monoisotopic (exact) mass is 295 g/mol. The summed E-state index contributed by atoms with van der Waals surface area (Å²) in [4.78, 5) is 0. The molecule has 0 aromatic heterocycles. The second-order valence-electron chi connectivity index (χ2n) is 4.59. The van der Waals surface area contributed by atoms with Crippen LogP contribution in [0.5, 0.6) is 5.75 Å². The quantitative estimate of drug-likeness (QED) is 0.898. The Morgan fingerprint density at radius 3 is 2.47 bits per heavy atom. The summed E-state index contributed by atoms with van der Waals surface area (Å²) in [6.45, 7) is 0. The number of alkyl halides is 3. The molecule has 3 nitrogen and oxygen atoms in total. The molecule has 2 atom stereocenters. The zero-order valence-corrected chi connectivity index (χ0v) is 10.6. The third-order valence-corrected chi connectivity index (χ3v) is 3.33. The molecule has 3 N–H and O–H groups in total. The standard InChI is InChI=1S/C12H13ClF3NO2/c13-8-5-7(10(17)11(18)6-1-2-6)3-4-9(8)19-12(14,15)16/h3-6,10-11,18H,1-2,17H2/t10-,11+/m0/s1. The van der Waals surface area contributed by atoms with E-state index < -0.39 is 24.3 Å². The molecule has 2 rings (SSSR count). The van der Waals surface area contributed by atoms with Crippen LogP contribution in [0.3, 0.4) is 0 Å². The van der Waals surface area contributed by atoms with Gasteiger partial charge in [0.25, 0.3) is 0 Å². The lowest BCUT2D eigenvalue weighted by Gasteiger charge is -2.19. The van der Waals surface area contributed by atoms with Crippen LogP contribution in [-0.2, 0) is 0 Å². The first-order valence-corrected chi connectivity index (χ1v) is 6.14. The van der Waals surface area contributed by atoms with Gasteiger partial charge in [-0.2, -0.15) is 0 Å². The third-order valence-electron chi connectivity index (χ3n) is 3.04. The molecule has 7 heteroatoms. The normalized spacial score (nSPS) is 19.1. The number of nitrogens with two attached hydrogens (primary N) is 1. The van der Waals surface area contributed by atoms with Gasteiger partial charge in [-0.25, -0.2) is 0 Å². The van der Waals surface area contributed by atoms with Gasteiger partial charge in [-0.1, -0.05) is 17.7 Å². The summed E-state index contributed by atoms with van der Waals surface area (Å²) in [6.07, 6.45) is -3.67. The summed E-state index contributed by atoms with van der Waals surface area (Å²) >= 11 is 5.72. The van der Waals surface area contributed by atoms with Crippen molar-refractivity contribution in [2.45, 2.75) is 31.3 Å². The number of aliphatic hydroxyl groups excluding tert-OH is 1. The first kappa shape index (κ1) is 14.4. The van der Waals surface area contributed by atoms with Crippen molar-refractivity contribution in [1.82, 2.24) is 0 Å². The van der Waals surface area contributed by atoms with E-state index in [9.17, 15) is 18.3 Å². The molecule has 0 aliphatic heterocycles. The Bertz CT molecular complexity index is 463. The largest absolute Gasteiger partial charge is 0.573 e. The van der Waals surface area contributed by atoms with Crippen LogP contribution in [0.25, 0.3) is 0 Å².